The first kappa shape index (κ1) is 13.7. The van der Waals surface area contributed by atoms with Crippen LogP contribution in [0.5, 0.6) is 0 Å². The number of hydrogen-bond acceptors (Lipinski definition) is 3. The van der Waals surface area contributed by atoms with Gasteiger partial charge in [-0.2, -0.15) is 0 Å². The van der Waals surface area contributed by atoms with Crippen LogP contribution in [0.25, 0.3) is 0 Å². The second-order valence-corrected chi connectivity index (χ2v) is 2.40. The van der Waals surface area contributed by atoms with E-state index in [1.54, 1.807) is 6.92 Å². The van der Waals surface area contributed by atoms with Gasteiger partial charge in [-0.15, -0.1) is 0 Å². The number of carbonyl (C=O) groups is 2. The van der Waals surface area contributed by atoms with Crippen molar-refractivity contribution < 1.29 is 9.59 Å². The highest BCUT2D eigenvalue weighted by Gasteiger charge is 2.01. The molecule has 0 rings (SSSR count). The Morgan fingerprint density at radius 1 is 1.58 bits per heavy atom. The van der Waals surface area contributed by atoms with Crippen molar-refractivity contribution in [1.82, 2.24) is 5.32 Å². The zero-order chi connectivity index (χ0) is 9.98. The average Bonchev–Trinajstić information content (AvgIpc) is 2.05. The predicted molar refractivity (Wildman–Crippen MR) is 48.7 cm³/mol. The van der Waals surface area contributed by atoms with Gasteiger partial charge < -0.3 is 15.8 Å². The van der Waals surface area contributed by atoms with E-state index < -0.39 is 6.04 Å². The molecule has 0 aliphatic rings. The molecular formula is C8H18N2O2. The molecule has 0 aromatic heterocycles. The monoisotopic (exact) mass is 174 g/mol. The Morgan fingerprint density at radius 2 is 2.00 bits per heavy atom. The standard InChI is InChI=1S/C5H10N2O2.C3H8/c1-4(3-8)7-5(9)2-6;1-3-2/h3-4H,2,6H2,1H3,(H,7,9);3H2,1-2H3. The number of carbonyl (C=O) groups excluding carboxylic acids is 2. The van der Waals surface area contributed by atoms with Crippen LogP contribution in [-0.4, -0.2) is 24.8 Å². The first-order valence-corrected chi connectivity index (χ1v) is 4.07. The molecule has 0 fully saturated rings. The lowest BCUT2D eigenvalue weighted by Crippen LogP contribution is -2.37. The fourth-order valence-corrected chi connectivity index (χ4v) is 0.347. The number of nitrogens with one attached hydrogen (secondary N) is 1. The third-order valence-electron chi connectivity index (χ3n) is 0.778. The first-order valence-electron chi connectivity index (χ1n) is 4.07. The molecule has 0 saturated heterocycles. The van der Waals surface area contributed by atoms with E-state index in [1.165, 1.54) is 6.42 Å². The number of amides is 1. The molecule has 0 bridgehead atoms. The molecule has 0 aliphatic heterocycles. The summed E-state index contributed by atoms with van der Waals surface area (Å²) in [5.41, 5.74) is 4.95. The Kier molecular flexibility index (Phi) is 11.5. The summed E-state index contributed by atoms with van der Waals surface area (Å²) in [5, 5.41) is 2.35. The van der Waals surface area contributed by atoms with Crippen molar-refractivity contribution in [2.45, 2.75) is 33.2 Å². The summed E-state index contributed by atoms with van der Waals surface area (Å²) < 4.78 is 0. The highest BCUT2D eigenvalue weighted by molar-refractivity contribution is 5.80. The highest BCUT2D eigenvalue weighted by Crippen LogP contribution is 1.71. The van der Waals surface area contributed by atoms with Crippen LogP contribution in [0.2, 0.25) is 0 Å². The summed E-state index contributed by atoms with van der Waals surface area (Å²) in [6, 6.07) is -0.430. The number of aldehydes is 1. The lowest BCUT2D eigenvalue weighted by Gasteiger charge is -2.03. The second kappa shape index (κ2) is 10.1. The summed E-state index contributed by atoms with van der Waals surface area (Å²) in [4.78, 5) is 20.3. The van der Waals surface area contributed by atoms with E-state index in [1.807, 2.05) is 0 Å². The second-order valence-electron chi connectivity index (χ2n) is 2.40. The number of hydrogen-bond donors (Lipinski definition) is 2. The third-order valence-corrected chi connectivity index (χ3v) is 0.778. The minimum Gasteiger partial charge on any atom is -0.346 e. The van der Waals surface area contributed by atoms with Gasteiger partial charge in [0.05, 0.1) is 12.6 Å². The molecule has 0 aromatic rings. The van der Waals surface area contributed by atoms with Gasteiger partial charge in [0, 0.05) is 0 Å². The van der Waals surface area contributed by atoms with Gasteiger partial charge >= 0.3 is 0 Å². The van der Waals surface area contributed by atoms with Crippen molar-refractivity contribution in [2.24, 2.45) is 5.73 Å². The molecule has 12 heavy (non-hydrogen) atoms. The number of rotatable bonds is 3. The molecule has 0 radical (unpaired) electrons. The van der Waals surface area contributed by atoms with E-state index in [9.17, 15) is 9.59 Å². The largest absolute Gasteiger partial charge is 0.346 e. The van der Waals surface area contributed by atoms with E-state index in [-0.39, 0.29) is 12.5 Å². The van der Waals surface area contributed by atoms with Crippen LogP contribution >= 0.6 is 0 Å². The molecule has 0 heterocycles. The summed E-state index contributed by atoms with van der Waals surface area (Å²) in [5.74, 6) is -0.311. The Bertz CT molecular complexity index is 126. The van der Waals surface area contributed by atoms with Crippen molar-refractivity contribution in [3.63, 3.8) is 0 Å². The maximum Gasteiger partial charge on any atom is 0.234 e. The van der Waals surface area contributed by atoms with Crippen molar-refractivity contribution in [3.8, 4) is 0 Å². The van der Waals surface area contributed by atoms with Crippen molar-refractivity contribution in [1.29, 1.82) is 0 Å². The smallest absolute Gasteiger partial charge is 0.234 e. The molecule has 3 N–H and O–H groups in total. The normalized spacial score (nSPS) is 10.7. The highest BCUT2D eigenvalue weighted by atomic mass is 16.2. The van der Waals surface area contributed by atoms with Gasteiger partial charge in [-0.25, -0.2) is 0 Å². The van der Waals surface area contributed by atoms with Crippen LogP contribution in [0, 0.1) is 0 Å². The lowest BCUT2D eigenvalue weighted by atomic mass is 10.4. The van der Waals surface area contributed by atoms with E-state index in [0.29, 0.717) is 6.29 Å². The minimum atomic E-state index is -0.430. The van der Waals surface area contributed by atoms with Crippen LogP contribution in [-0.2, 0) is 9.59 Å². The fraction of sp³-hybridized carbons (Fsp3) is 0.750. The molecule has 0 aliphatic carbocycles. The van der Waals surface area contributed by atoms with Gasteiger partial charge in [-0.1, -0.05) is 20.3 Å². The van der Waals surface area contributed by atoms with Crippen LogP contribution in [0.3, 0.4) is 0 Å². The predicted octanol–water partition coefficient (Wildman–Crippen LogP) is 0.0650. The Morgan fingerprint density at radius 3 is 2.25 bits per heavy atom. The van der Waals surface area contributed by atoms with Crippen molar-refractivity contribution in [3.05, 3.63) is 0 Å². The molecule has 1 unspecified atom stereocenters. The number of nitrogens with two attached hydrogens (primary N) is 1. The van der Waals surface area contributed by atoms with Crippen LogP contribution < -0.4 is 11.1 Å². The fourth-order valence-electron chi connectivity index (χ4n) is 0.347. The molecule has 0 spiro atoms. The van der Waals surface area contributed by atoms with E-state index in [2.05, 4.69) is 19.2 Å². The van der Waals surface area contributed by atoms with Crippen LogP contribution in [0.15, 0.2) is 0 Å². The van der Waals surface area contributed by atoms with Gasteiger partial charge in [0.25, 0.3) is 0 Å². The van der Waals surface area contributed by atoms with Crippen LogP contribution in [0.4, 0.5) is 0 Å². The summed E-state index contributed by atoms with van der Waals surface area (Å²) >= 11 is 0. The van der Waals surface area contributed by atoms with Crippen molar-refractivity contribution in [2.75, 3.05) is 6.54 Å². The SMILES string of the molecule is CC(C=O)NC(=O)CN.CCC. The van der Waals surface area contributed by atoms with Crippen LogP contribution in [0.1, 0.15) is 27.2 Å². The minimum absolute atomic E-state index is 0.0713. The molecule has 4 heteroatoms. The van der Waals surface area contributed by atoms with Gasteiger partial charge in [-0.3, -0.25) is 4.79 Å². The maximum atomic E-state index is 10.4. The van der Waals surface area contributed by atoms with E-state index in [0.717, 1.165) is 0 Å². The van der Waals surface area contributed by atoms with E-state index in [4.69, 9.17) is 5.73 Å². The lowest BCUT2D eigenvalue weighted by molar-refractivity contribution is -0.122. The zero-order valence-electron chi connectivity index (χ0n) is 7.96. The molecular weight excluding hydrogens is 156 g/mol. The third kappa shape index (κ3) is 11.8. The molecule has 1 atom stereocenters. The summed E-state index contributed by atoms with van der Waals surface area (Å²) in [6.07, 6.45) is 1.90. The van der Waals surface area contributed by atoms with Crippen molar-refractivity contribution >= 4 is 12.2 Å². The van der Waals surface area contributed by atoms with Gasteiger partial charge in [0.15, 0.2) is 0 Å². The zero-order valence-corrected chi connectivity index (χ0v) is 7.96. The molecule has 72 valence electrons. The summed E-state index contributed by atoms with van der Waals surface area (Å²) in [6.45, 7) is 5.76. The molecule has 0 saturated carbocycles. The quantitative estimate of drug-likeness (QED) is 0.594. The van der Waals surface area contributed by atoms with Gasteiger partial charge in [0.2, 0.25) is 5.91 Å². The molecule has 4 nitrogen and oxygen atoms in total. The molecule has 0 aromatic carbocycles. The Hall–Kier alpha value is -0.900. The van der Waals surface area contributed by atoms with Gasteiger partial charge in [-0.05, 0) is 6.92 Å². The Balaban J connectivity index is 0. The topological polar surface area (TPSA) is 72.2 Å². The first-order chi connectivity index (χ1) is 5.62. The Labute approximate surface area is 73.5 Å². The summed E-state index contributed by atoms with van der Waals surface area (Å²) in [7, 11) is 0. The maximum absolute atomic E-state index is 10.4. The molecule has 1 amide bonds. The van der Waals surface area contributed by atoms with E-state index >= 15 is 0 Å². The van der Waals surface area contributed by atoms with Gasteiger partial charge in [0.1, 0.15) is 6.29 Å². The average molecular weight is 174 g/mol.